The molecular weight excluding hydrogens is 316 g/mol. The lowest BCUT2D eigenvalue weighted by molar-refractivity contribution is 0.190. The smallest absolute Gasteiger partial charge is 0.404 e. The summed E-state index contributed by atoms with van der Waals surface area (Å²) in [6.07, 6.45) is 3.21. The van der Waals surface area contributed by atoms with Crippen molar-refractivity contribution in [3.63, 3.8) is 0 Å². The summed E-state index contributed by atoms with van der Waals surface area (Å²) in [7, 11) is 4.10. The van der Waals surface area contributed by atoms with Crippen LogP contribution in [0.1, 0.15) is 25.7 Å². The number of fused-ring (bicyclic) bond motifs is 1. The van der Waals surface area contributed by atoms with E-state index in [1.807, 2.05) is 32.3 Å². The Morgan fingerprint density at radius 1 is 1.24 bits per heavy atom. The van der Waals surface area contributed by atoms with Gasteiger partial charge in [-0.15, -0.1) is 0 Å². The first-order valence-electron chi connectivity index (χ1n) is 8.83. The molecule has 0 saturated heterocycles. The van der Waals surface area contributed by atoms with E-state index in [0.717, 1.165) is 48.1 Å². The number of hydrogen-bond donors (Lipinski definition) is 3. The Morgan fingerprint density at radius 2 is 1.96 bits per heavy atom. The largest absolute Gasteiger partial charge is 0.465 e. The van der Waals surface area contributed by atoms with Crippen LogP contribution in [-0.2, 0) is 0 Å². The van der Waals surface area contributed by atoms with E-state index in [1.54, 1.807) is 0 Å². The molecule has 1 aromatic carbocycles. The molecule has 6 nitrogen and oxygen atoms in total. The molecule has 1 aliphatic carbocycles. The Bertz CT molecular complexity index is 739. The highest BCUT2D eigenvalue weighted by Gasteiger charge is 2.22. The number of anilines is 2. The molecule has 25 heavy (non-hydrogen) atoms. The molecule has 0 spiro atoms. The van der Waals surface area contributed by atoms with Crippen LogP contribution >= 0.6 is 0 Å². The van der Waals surface area contributed by atoms with Gasteiger partial charge in [-0.05, 0) is 37.7 Å². The van der Waals surface area contributed by atoms with Gasteiger partial charge in [-0.3, -0.25) is 0 Å². The highest BCUT2D eigenvalue weighted by atomic mass is 16.4. The SMILES string of the molecule is CN(C)c1cc(N[C@H]2CC[C@@H](CNC(=O)O)CC2)nc2ccccc12. The molecule has 0 radical (unpaired) electrons. The van der Waals surface area contributed by atoms with Crippen LogP contribution in [0.15, 0.2) is 30.3 Å². The normalized spacial score (nSPS) is 20.2. The van der Waals surface area contributed by atoms with Gasteiger partial charge in [0, 0.05) is 43.8 Å². The van der Waals surface area contributed by atoms with Crippen molar-refractivity contribution in [1.29, 1.82) is 0 Å². The van der Waals surface area contributed by atoms with E-state index in [1.165, 1.54) is 0 Å². The van der Waals surface area contributed by atoms with E-state index in [9.17, 15) is 4.79 Å². The van der Waals surface area contributed by atoms with Gasteiger partial charge in [0.25, 0.3) is 0 Å². The van der Waals surface area contributed by atoms with Crippen molar-refractivity contribution < 1.29 is 9.90 Å². The number of carbonyl (C=O) groups is 1. The van der Waals surface area contributed by atoms with E-state index in [0.29, 0.717) is 18.5 Å². The van der Waals surface area contributed by atoms with Crippen molar-refractivity contribution in [2.75, 3.05) is 30.9 Å². The van der Waals surface area contributed by atoms with Crippen molar-refractivity contribution in [1.82, 2.24) is 10.3 Å². The summed E-state index contributed by atoms with van der Waals surface area (Å²) < 4.78 is 0. The fourth-order valence-corrected chi connectivity index (χ4v) is 3.55. The first-order chi connectivity index (χ1) is 12.0. The second kappa shape index (κ2) is 7.59. The minimum atomic E-state index is -0.933. The van der Waals surface area contributed by atoms with Crippen molar-refractivity contribution in [2.24, 2.45) is 5.92 Å². The summed E-state index contributed by atoms with van der Waals surface area (Å²) in [6, 6.07) is 10.7. The van der Waals surface area contributed by atoms with Gasteiger partial charge >= 0.3 is 6.09 Å². The maximum Gasteiger partial charge on any atom is 0.404 e. The Hall–Kier alpha value is -2.50. The molecule has 134 valence electrons. The number of benzene rings is 1. The van der Waals surface area contributed by atoms with Crippen LogP contribution in [-0.4, -0.2) is 42.9 Å². The lowest BCUT2D eigenvalue weighted by Crippen LogP contribution is -2.33. The zero-order valence-electron chi connectivity index (χ0n) is 14.8. The molecule has 1 saturated carbocycles. The monoisotopic (exact) mass is 342 g/mol. The van der Waals surface area contributed by atoms with E-state index >= 15 is 0 Å². The molecule has 1 amide bonds. The van der Waals surface area contributed by atoms with Gasteiger partial charge in [-0.25, -0.2) is 9.78 Å². The standard InChI is InChI=1S/C19H26N4O2/c1-23(2)17-11-18(22-16-6-4-3-5-15(16)17)21-14-9-7-13(8-10-14)12-20-19(24)25/h3-6,11,13-14,20H,7-10,12H2,1-2H3,(H,21,22)(H,24,25)/t13-,14+. The van der Waals surface area contributed by atoms with Crippen molar-refractivity contribution in [2.45, 2.75) is 31.7 Å². The lowest BCUT2D eigenvalue weighted by atomic mass is 9.86. The zero-order valence-corrected chi connectivity index (χ0v) is 14.8. The summed E-state index contributed by atoms with van der Waals surface area (Å²) >= 11 is 0. The van der Waals surface area contributed by atoms with Gasteiger partial charge in [0.05, 0.1) is 5.52 Å². The second-order valence-electron chi connectivity index (χ2n) is 6.99. The summed E-state index contributed by atoms with van der Waals surface area (Å²) in [4.78, 5) is 17.5. The Kier molecular flexibility index (Phi) is 5.26. The third-order valence-electron chi connectivity index (χ3n) is 4.92. The van der Waals surface area contributed by atoms with Crippen molar-refractivity contribution >= 4 is 28.5 Å². The fraction of sp³-hybridized carbons (Fsp3) is 0.474. The third kappa shape index (κ3) is 4.32. The molecule has 3 rings (SSSR count). The first-order valence-corrected chi connectivity index (χ1v) is 8.83. The molecule has 1 heterocycles. The van der Waals surface area contributed by atoms with E-state index in [-0.39, 0.29) is 0 Å². The summed E-state index contributed by atoms with van der Waals surface area (Å²) in [6.45, 7) is 0.557. The summed E-state index contributed by atoms with van der Waals surface area (Å²) in [5.41, 5.74) is 2.16. The van der Waals surface area contributed by atoms with Crippen LogP contribution in [0.3, 0.4) is 0 Å². The van der Waals surface area contributed by atoms with Crippen LogP contribution in [0.25, 0.3) is 10.9 Å². The quantitative estimate of drug-likeness (QED) is 0.775. The van der Waals surface area contributed by atoms with E-state index in [2.05, 4.69) is 27.7 Å². The number of amides is 1. The van der Waals surface area contributed by atoms with Crippen LogP contribution < -0.4 is 15.5 Å². The number of hydrogen-bond acceptors (Lipinski definition) is 4. The van der Waals surface area contributed by atoms with E-state index < -0.39 is 6.09 Å². The van der Waals surface area contributed by atoms with Gasteiger partial charge < -0.3 is 20.6 Å². The lowest BCUT2D eigenvalue weighted by Gasteiger charge is -2.29. The number of para-hydroxylation sites is 1. The number of nitrogens with zero attached hydrogens (tertiary/aromatic N) is 2. The maximum absolute atomic E-state index is 10.6. The summed E-state index contributed by atoms with van der Waals surface area (Å²) in [5.74, 6) is 1.35. The molecule has 0 bridgehead atoms. The topological polar surface area (TPSA) is 77.5 Å². The van der Waals surface area contributed by atoms with Crippen LogP contribution in [0.4, 0.5) is 16.3 Å². The third-order valence-corrected chi connectivity index (χ3v) is 4.92. The summed E-state index contributed by atoms with van der Waals surface area (Å²) in [5, 5.41) is 15.9. The highest BCUT2D eigenvalue weighted by Crippen LogP contribution is 2.30. The Morgan fingerprint density at radius 3 is 2.64 bits per heavy atom. The number of aromatic nitrogens is 1. The van der Waals surface area contributed by atoms with Gasteiger partial charge in [-0.2, -0.15) is 0 Å². The second-order valence-corrected chi connectivity index (χ2v) is 6.99. The molecule has 6 heteroatoms. The molecule has 0 aliphatic heterocycles. The van der Waals surface area contributed by atoms with Crippen LogP contribution in [0.5, 0.6) is 0 Å². The van der Waals surface area contributed by atoms with Crippen molar-refractivity contribution in [3.8, 4) is 0 Å². The van der Waals surface area contributed by atoms with E-state index in [4.69, 9.17) is 10.1 Å². The average molecular weight is 342 g/mol. The number of nitrogens with one attached hydrogen (secondary N) is 2. The Labute approximate surface area is 148 Å². The highest BCUT2D eigenvalue weighted by molar-refractivity contribution is 5.93. The van der Waals surface area contributed by atoms with Gasteiger partial charge in [0.1, 0.15) is 5.82 Å². The number of carboxylic acid groups (broad SMARTS) is 1. The predicted molar refractivity (Wildman–Crippen MR) is 101 cm³/mol. The zero-order chi connectivity index (χ0) is 17.8. The molecule has 0 unspecified atom stereocenters. The molecule has 2 aromatic rings. The maximum atomic E-state index is 10.6. The average Bonchev–Trinajstić information content (AvgIpc) is 2.60. The molecule has 1 aliphatic rings. The molecule has 3 N–H and O–H groups in total. The number of rotatable bonds is 5. The minimum Gasteiger partial charge on any atom is -0.465 e. The van der Waals surface area contributed by atoms with Gasteiger partial charge in [0.2, 0.25) is 0 Å². The molecule has 1 fully saturated rings. The first kappa shape index (κ1) is 17.3. The predicted octanol–water partition coefficient (Wildman–Crippen LogP) is 3.54. The van der Waals surface area contributed by atoms with Crippen LogP contribution in [0.2, 0.25) is 0 Å². The molecular formula is C19H26N4O2. The number of pyridine rings is 1. The van der Waals surface area contributed by atoms with Gasteiger partial charge in [-0.1, -0.05) is 18.2 Å². The minimum absolute atomic E-state index is 0.393. The van der Waals surface area contributed by atoms with Crippen molar-refractivity contribution in [3.05, 3.63) is 30.3 Å². The molecule has 1 aromatic heterocycles. The Balaban J connectivity index is 1.67. The molecule has 0 atom stereocenters. The van der Waals surface area contributed by atoms with Crippen LogP contribution in [0, 0.1) is 5.92 Å². The fourth-order valence-electron chi connectivity index (χ4n) is 3.55. The van der Waals surface area contributed by atoms with Gasteiger partial charge in [0.15, 0.2) is 0 Å².